The molecule has 1 amide bonds. The normalized spacial score (nSPS) is 12.8. The van der Waals surface area contributed by atoms with Crippen molar-refractivity contribution in [2.24, 2.45) is 0 Å². The van der Waals surface area contributed by atoms with Gasteiger partial charge in [0.25, 0.3) is 5.91 Å². The first kappa shape index (κ1) is 19.5. The second-order valence-electron chi connectivity index (χ2n) is 6.31. The highest BCUT2D eigenvalue weighted by Gasteiger charge is 2.21. The van der Waals surface area contributed by atoms with Crippen LogP contribution in [0.1, 0.15) is 41.3 Å². The van der Waals surface area contributed by atoms with Crippen molar-refractivity contribution in [2.45, 2.75) is 32.8 Å². The Morgan fingerprint density at radius 1 is 1.08 bits per heavy atom. The van der Waals surface area contributed by atoms with Crippen LogP contribution >= 0.6 is 0 Å². The van der Waals surface area contributed by atoms with Crippen molar-refractivity contribution in [3.63, 3.8) is 0 Å². The number of hydrogen-bond acceptors (Lipinski definition) is 4. The SMILES string of the molecule is COc1ccc(C)cc1C(=O)O[C@H](C)C(=O)NC[C@@H](C)c1ccccc1. The third kappa shape index (κ3) is 5.09. The van der Waals surface area contributed by atoms with Crippen LogP contribution in [0.25, 0.3) is 0 Å². The molecular weight excluding hydrogens is 330 g/mol. The van der Waals surface area contributed by atoms with Crippen LogP contribution in [0.2, 0.25) is 0 Å². The van der Waals surface area contributed by atoms with Gasteiger partial charge in [-0.15, -0.1) is 0 Å². The molecule has 138 valence electrons. The fraction of sp³-hybridized carbons (Fsp3) is 0.333. The number of hydrogen-bond donors (Lipinski definition) is 1. The highest BCUT2D eigenvalue weighted by Crippen LogP contribution is 2.21. The summed E-state index contributed by atoms with van der Waals surface area (Å²) in [5.74, 6) is -0.317. The molecule has 0 spiro atoms. The van der Waals surface area contributed by atoms with Gasteiger partial charge < -0.3 is 14.8 Å². The molecule has 2 atom stereocenters. The number of carbonyl (C=O) groups is 2. The predicted octanol–water partition coefficient (Wildman–Crippen LogP) is 3.47. The molecule has 0 fully saturated rings. The average molecular weight is 355 g/mol. The van der Waals surface area contributed by atoms with Crippen molar-refractivity contribution >= 4 is 11.9 Å². The quantitative estimate of drug-likeness (QED) is 0.773. The van der Waals surface area contributed by atoms with E-state index in [1.54, 1.807) is 19.1 Å². The van der Waals surface area contributed by atoms with Gasteiger partial charge in [0.15, 0.2) is 6.10 Å². The summed E-state index contributed by atoms with van der Waals surface area (Å²) < 4.78 is 10.5. The van der Waals surface area contributed by atoms with Gasteiger partial charge in [-0.05, 0) is 37.5 Å². The van der Waals surface area contributed by atoms with Crippen LogP contribution in [-0.4, -0.2) is 31.6 Å². The Morgan fingerprint density at radius 3 is 2.42 bits per heavy atom. The summed E-state index contributed by atoms with van der Waals surface area (Å²) in [6, 6.07) is 15.2. The highest BCUT2D eigenvalue weighted by molar-refractivity contribution is 5.94. The summed E-state index contributed by atoms with van der Waals surface area (Å²) in [5.41, 5.74) is 2.36. The van der Waals surface area contributed by atoms with Crippen LogP contribution < -0.4 is 10.1 Å². The van der Waals surface area contributed by atoms with Gasteiger partial charge in [0.2, 0.25) is 0 Å². The number of nitrogens with one attached hydrogen (secondary N) is 1. The minimum atomic E-state index is -0.893. The zero-order valence-electron chi connectivity index (χ0n) is 15.6. The Hall–Kier alpha value is -2.82. The third-order valence-electron chi connectivity index (χ3n) is 4.18. The third-order valence-corrected chi connectivity index (χ3v) is 4.18. The van der Waals surface area contributed by atoms with Gasteiger partial charge in [-0.25, -0.2) is 4.79 Å². The molecule has 0 saturated carbocycles. The van der Waals surface area contributed by atoms with Crippen LogP contribution in [0.5, 0.6) is 5.75 Å². The Balaban J connectivity index is 1.92. The second kappa shape index (κ2) is 9.04. The van der Waals surface area contributed by atoms with Crippen molar-refractivity contribution in [1.82, 2.24) is 5.32 Å². The number of rotatable bonds is 7. The fourth-order valence-corrected chi connectivity index (χ4v) is 2.56. The smallest absolute Gasteiger partial charge is 0.342 e. The van der Waals surface area contributed by atoms with Crippen molar-refractivity contribution in [1.29, 1.82) is 0 Å². The highest BCUT2D eigenvalue weighted by atomic mass is 16.5. The first-order valence-electron chi connectivity index (χ1n) is 8.60. The van der Waals surface area contributed by atoms with Gasteiger partial charge in [-0.1, -0.05) is 48.9 Å². The van der Waals surface area contributed by atoms with Crippen LogP contribution in [0.4, 0.5) is 0 Å². The van der Waals surface area contributed by atoms with E-state index in [9.17, 15) is 9.59 Å². The summed E-state index contributed by atoms with van der Waals surface area (Å²) in [6.45, 7) is 5.93. The number of benzene rings is 2. The molecule has 0 aliphatic rings. The minimum Gasteiger partial charge on any atom is -0.496 e. The number of methoxy groups -OCH3 is 1. The van der Waals surface area contributed by atoms with Gasteiger partial charge in [0.05, 0.1) is 7.11 Å². The standard InChI is InChI=1S/C21H25NO4/c1-14-10-11-19(25-4)18(12-14)21(24)26-16(3)20(23)22-13-15(2)17-8-6-5-7-9-17/h5-12,15-16H,13H2,1-4H3,(H,22,23)/t15-,16-/m1/s1. The molecule has 0 radical (unpaired) electrons. The van der Waals surface area contributed by atoms with Gasteiger partial charge >= 0.3 is 5.97 Å². The number of esters is 1. The number of ether oxygens (including phenoxy) is 2. The van der Waals surface area contributed by atoms with Crippen molar-refractivity contribution < 1.29 is 19.1 Å². The molecule has 2 aromatic carbocycles. The maximum Gasteiger partial charge on any atom is 0.342 e. The van der Waals surface area contributed by atoms with Crippen molar-refractivity contribution in [3.8, 4) is 5.75 Å². The predicted molar refractivity (Wildman–Crippen MR) is 100 cm³/mol. The molecule has 5 heteroatoms. The largest absolute Gasteiger partial charge is 0.496 e. The van der Waals surface area contributed by atoms with Crippen molar-refractivity contribution in [3.05, 3.63) is 65.2 Å². The zero-order valence-corrected chi connectivity index (χ0v) is 15.6. The molecule has 0 aromatic heterocycles. The van der Waals surface area contributed by atoms with Crippen LogP contribution in [-0.2, 0) is 9.53 Å². The van der Waals surface area contributed by atoms with Gasteiger partial charge in [-0.2, -0.15) is 0 Å². The Bertz CT molecular complexity index is 758. The van der Waals surface area contributed by atoms with E-state index in [0.717, 1.165) is 11.1 Å². The molecule has 0 aliphatic carbocycles. The van der Waals surface area contributed by atoms with E-state index in [0.29, 0.717) is 17.9 Å². The maximum absolute atomic E-state index is 12.4. The van der Waals surface area contributed by atoms with E-state index >= 15 is 0 Å². The van der Waals surface area contributed by atoms with Crippen LogP contribution in [0, 0.1) is 6.92 Å². The molecule has 0 saturated heterocycles. The summed E-state index contributed by atoms with van der Waals surface area (Å²) >= 11 is 0. The molecule has 0 unspecified atom stereocenters. The maximum atomic E-state index is 12.4. The fourth-order valence-electron chi connectivity index (χ4n) is 2.56. The van der Waals surface area contributed by atoms with Crippen molar-refractivity contribution in [2.75, 3.05) is 13.7 Å². The van der Waals surface area contributed by atoms with Gasteiger partial charge in [0, 0.05) is 6.54 Å². The first-order valence-corrected chi connectivity index (χ1v) is 8.60. The lowest BCUT2D eigenvalue weighted by Crippen LogP contribution is -2.37. The summed E-state index contributed by atoms with van der Waals surface area (Å²) in [7, 11) is 1.49. The Labute approximate surface area is 154 Å². The molecule has 0 heterocycles. The minimum absolute atomic E-state index is 0.167. The van der Waals surface area contributed by atoms with Gasteiger partial charge in [0.1, 0.15) is 11.3 Å². The van der Waals surface area contributed by atoms with E-state index in [4.69, 9.17) is 9.47 Å². The van der Waals surface area contributed by atoms with E-state index in [1.807, 2.05) is 50.2 Å². The van der Waals surface area contributed by atoms with E-state index < -0.39 is 12.1 Å². The molecule has 2 rings (SSSR count). The monoisotopic (exact) mass is 355 g/mol. The van der Waals surface area contributed by atoms with Crippen LogP contribution in [0.3, 0.4) is 0 Å². The van der Waals surface area contributed by atoms with E-state index in [2.05, 4.69) is 5.32 Å². The molecule has 0 aliphatic heterocycles. The van der Waals surface area contributed by atoms with Crippen LogP contribution in [0.15, 0.2) is 48.5 Å². The van der Waals surface area contributed by atoms with Gasteiger partial charge in [-0.3, -0.25) is 4.79 Å². The lowest BCUT2D eigenvalue weighted by Gasteiger charge is -2.17. The van der Waals surface area contributed by atoms with E-state index in [1.165, 1.54) is 7.11 Å². The summed E-state index contributed by atoms with van der Waals surface area (Å²) in [5, 5.41) is 2.83. The molecule has 1 N–H and O–H groups in total. The summed E-state index contributed by atoms with van der Waals surface area (Å²) in [4.78, 5) is 24.6. The second-order valence-corrected chi connectivity index (χ2v) is 6.31. The molecule has 0 bridgehead atoms. The lowest BCUT2D eigenvalue weighted by atomic mass is 10.0. The Kier molecular flexibility index (Phi) is 6.78. The Morgan fingerprint density at radius 2 is 1.77 bits per heavy atom. The molecule has 5 nitrogen and oxygen atoms in total. The molecule has 26 heavy (non-hydrogen) atoms. The zero-order chi connectivity index (χ0) is 19.1. The number of carbonyl (C=O) groups excluding carboxylic acids is 2. The average Bonchev–Trinajstić information content (AvgIpc) is 2.66. The van der Waals surface area contributed by atoms with E-state index in [-0.39, 0.29) is 11.8 Å². The topological polar surface area (TPSA) is 64.6 Å². The first-order chi connectivity index (χ1) is 12.4. The lowest BCUT2D eigenvalue weighted by molar-refractivity contribution is -0.129. The molecular formula is C21H25NO4. The molecule has 2 aromatic rings. The number of amides is 1. The number of aryl methyl sites for hydroxylation is 1. The summed E-state index contributed by atoms with van der Waals surface area (Å²) in [6.07, 6.45) is -0.893.